The summed E-state index contributed by atoms with van der Waals surface area (Å²) in [7, 11) is -0.341. The standard InChI is InChI=1S/C21H21N3O4S/c1-23(2)19-10-6-9-18(17-7-4-3-5-8-17)21(19)29(27,28)24-14-13-16(15-24)11-12-20(25)22-26/h3-15,26H,1-2H3,(H,22,25)/b12-11+. The molecule has 1 heterocycles. The molecule has 2 aromatic carbocycles. The fourth-order valence-electron chi connectivity index (χ4n) is 2.95. The van der Waals surface area contributed by atoms with Gasteiger partial charge in [-0.25, -0.2) is 17.9 Å². The summed E-state index contributed by atoms with van der Waals surface area (Å²) in [6.07, 6.45) is 5.35. The van der Waals surface area contributed by atoms with Gasteiger partial charge in [0, 0.05) is 38.1 Å². The fraction of sp³-hybridized carbons (Fsp3) is 0.0952. The second kappa shape index (κ2) is 8.34. The highest BCUT2D eigenvalue weighted by Gasteiger charge is 2.26. The van der Waals surface area contributed by atoms with Gasteiger partial charge >= 0.3 is 0 Å². The minimum Gasteiger partial charge on any atom is -0.377 e. The maximum absolute atomic E-state index is 13.6. The first-order valence-electron chi connectivity index (χ1n) is 8.76. The number of hydrogen-bond acceptors (Lipinski definition) is 5. The van der Waals surface area contributed by atoms with E-state index in [0.717, 1.165) is 15.6 Å². The van der Waals surface area contributed by atoms with Gasteiger partial charge in [-0.2, -0.15) is 0 Å². The number of amides is 1. The topological polar surface area (TPSA) is 91.6 Å². The molecule has 0 aliphatic heterocycles. The molecule has 3 rings (SSSR count). The van der Waals surface area contributed by atoms with Gasteiger partial charge in [0.25, 0.3) is 15.9 Å². The highest BCUT2D eigenvalue weighted by molar-refractivity contribution is 7.90. The highest BCUT2D eigenvalue weighted by Crippen LogP contribution is 2.36. The molecular formula is C21H21N3O4S. The molecule has 0 spiro atoms. The van der Waals surface area contributed by atoms with Crippen LogP contribution < -0.4 is 10.4 Å². The molecule has 7 nitrogen and oxygen atoms in total. The first-order chi connectivity index (χ1) is 13.8. The second-order valence-corrected chi connectivity index (χ2v) is 8.28. The number of benzene rings is 2. The molecule has 2 N–H and O–H groups in total. The van der Waals surface area contributed by atoms with Gasteiger partial charge in [-0.15, -0.1) is 0 Å². The number of nitrogens with one attached hydrogen (secondary N) is 1. The normalized spacial score (nSPS) is 11.6. The van der Waals surface area contributed by atoms with Crippen molar-refractivity contribution in [3.05, 3.63) is 78.6 Å². The molecule has 1 amide bonds. The average Bonchev–Trinajstić information content (AvgIpc) is 3.22. The summed E-state index contributed by atoms with van der Waals surface area (Å²) >= 11 is 0. The monoisotopic (exact) mass is 411 g/mol. The summed E-state index contributed by atoms with van der Waals surface area (Å²) in [5.41, 5.74) is 3.95. The number of hydroxylamine groups is 1. The van der Waals surface area contributed by atoms with Crippen molar-refractivity contribution >= 4 is 27.7 Å². The largest absolute Gasteiger partial charge is 0.377 e. The van der Waals surface area contributed by atoms with E-state index in [1.54, 1.807) is 37.2 Å². The van der Waals surface area contributed by atoms with Crippen LogP contribution in [0.4, 0.5) is 5.69 Å². The summed E-state index contributed by atoms with van der Waals surface area (Å²) in [4.78, 5) is 13.1. The summed E-state index contributed by atoms with van der Waals surface area (Å²) in [6, 6.07) is 16.3. The van der Waals surface area contributed by atoms with Gasteiger partial charge < -0.3 is 4.90 Å². The van der Waals surface area contributed by atoms with Gasteiger partial charge in [-0.1, -0.05) is 42.5 Å². The lowest BCUT2D eigenvalue weighted by Crippen LogP contribution is -2.18. The van der Waals surface area contributed by atoms with E-state index >= 15 is 0 Å². The van der Waals surface area contributed by atoms with E-state index in [1.165, 1.54) is 23.9 Å². The van der Waals surface area contributed by atoms with Crippen LogP contribution in [0.5, 0.6) is 0 Å². The zero-order chi connectivity index (χ0) is 21.0. The maximum Gasteiger partial charge on any atom is 0.270 e. The lowest BCUT2D eigenvalue weighted by molar-refractivity contribution is -0.124. The molecule has 1 aromatic heterocycles. The van der Waals surface area contributed by atoms with Gasteiger partial charge in [0.05, 0.1) is 5.69 Å². The Morgan fingerprint density at radius 2 is 1.79 bits per heavy atom. The number of aromatic nitrogens is 1. The lowest BCUT2D eigenvalue weighted by atomic mass is 10.0. The van der Waals surface area contributed by atoms with Crippen molar-refractivity contribution in [3.8, 4) is 11.1 Å². The van der Waals surface area contributed by atoms with Crippen LogP contribution >= 0.6 is 0 Å². The average molecular weight is 411 g/mol. The summed E-state index contributed by atoms with van der Waals surface area (Å²) in [5.74, 6) is -0.704. The molecule has 0 radical (unpaired) electrons. The molecule has 0 saturated heterocycles. The van der Waals surface area contributed by atoms with Gasteiger partial charge in [0.1, 0.15) is 4.90 Å². The van der Waals surface area contributed by atoms with Gasteiger partial charge in [-0.05, 0) is 29.3 Å². The Hall–Kier alpha value is -3.36. The maximum atomic E-state index is 13.6. The molecule has 3 aromatic rings. The van der Waals surface area contributed by atoms with Crippen molar-refractivity contribution in [3.63, 3.8) is 0 Å². The Labute approximate surface area is 169 Å². The van der Waals surface area contributed by atoms with Gasteiger partial charge in [-0.3, -0.25) is 10.0 Å². The molecule has 0 bridgehead atoms. The Balaban J connectivity index is 2.15. The van der Waals surface area contributed by atoms with Gasteiger partial charge in [0.2, 0.25) is 0 Å². The molecule has 0 saturated carbocycles. The molecule has 150 valence electrons. The van der Waals surface area contributed by atoms with Crippen molar-refractivity contribution in [2.75, 3.05) is 19.0 Å². The quantitative estimate of drug-likeness (QED) is 0.370. The van der Waals surface area contributed by atoms with Crippen LogP contribution in [0, 0.1) is 0 Å². The van der Waals surface area contributed by atoms with Crippen LogP contribution in [-0.4, -0.2) is 37.6 Å². The smallest absolute Gasteiger partial charge is 0.270 e. The summed E-state index contributed by atoms with van der Waals surface area (Å²) < 4.78 is 28.2. The molecule has 8 heteroatoms. The zero-order valence-electron chi connectivity index (χ0n) is 16.0. The Morgan fingerprint density at radius 3 is 2.45 bits per heavy atom. The predicted molar refractivity (Wildman–Crippen MR) is 112 cm³/mol. The lowest BCUT2D eigenvalue weighted by Gasteiger charge is -2.21. The highest BCUT2D eigenvalue weighted by atomic mass is 32.2. The third-order valence-corrected chi connectivity index (χ3v) is 6.05. The van der Waals surface area contributed by atoms with E-state index in [0.29, 0.717) is 16.8 Å². The zero-order valence-corrected chi connectivity index (χ0v) is 16.8. The summed E-state index contributed by atoms with van der Waals surface area (Å²) in [5, 5.41) is 8.56. The fourth-order valence-corrected chi connectivity index (χ4v) is 4.62. The van der Waals surface area contributed by atoms with E-state index in [9.17, 15) is 13.2 Å². The molecule has 0 atom stereocenters. The van der Waals surface area contributed by atoms with E-state index in [-0.39, 0.29) is 4.90 Å². The first-order valence-corrected chi connectivity index (χ1v) is 10.2. The van der Waals surface area contributed by atoms with E-state index in [4.69, 9.17) is 5.21 Å². The minimum atomic E-state index is -3.93. The predicted octanol–water partition coefficient (Wildman–Crippen LogP) is 2.98. The number of carbonyl (C=O) groups excluding carboxylic acids is 1. The molecular weight excluding hydrogens is 390 g/mol. The van der Waals surface area contributed by atoms with Crippen LogP contribution in [0.15, 0.2) is 78.0 Å². The van der Waals surface area contributed by atoms with E-state index in [2.05, 4.69) is 0 Å². The third kappa shape index (κ3) is 4.23. The molecule has 0 unspecified atom stereocenters. The molecule has 0 fully saturated rings. The minimum absolute atomic E-state index is 0.190. The van der Waals surface area contributed by atoms with Crippen LogP contribution in [0.1, 0.15) is 5.56 Å². The number of carbonyl (C=O) groups is 1. The van der Waals surface area contributed by atoms with Crippen molar-refractivity contribution in [1.82, 2.24) is 9.45 Å². The molecule has 29 heavy (non-hydrogen) atoms. The van der Waals surface area contributed by atoms with Crippen molar-refractivity contribution in [2.24, 2.45) is 0 Å². The van der Waals surface area contributed by atoms with E-state index in [1.807, 2.05) is 36.4 Å². The number of rotatable bonds is 6. The number of nitrogens with zero attached hydrogens (tertiary/aromatic N) is 2. The van der Waals surface area contributed by atoms with Crippen LogP contribution in [0.25, 0.3) is 17.2 Å². The van der Waals surface area contributed by atoms with Crippen molar-refractivity contribution in [2.45, 2.75) is 4.90 Å². The van der Waals surface area contributed by atoms with Crippen molar-refractivity contribution < 1.29 is 18.4 Å². The Morgan fingerprint density at radius 1 is 1.07 bits per heavy atom. The van der Waals surface area contributed by atoms with Crippen LogP contribution in [0.2, 0.25) is 0 Å². The summed E-state index contributed by atoms with van der Waals surface area (Å²) in [6.45, 7) is 0. The van der Waals surface area contributed by atoms with Gasteiger partial charge in [0.15, 0.2) is 0 Å². The van der Waals surface area contributed by atoms with Crippen LogP contribution in [-0.2, 0) is 14.8 Å². The first kappa shape index (κ1) is 20.4. The molecule has 0 aliphatic rings. The van der Waals surface area contributed by atoms with Crippen LogP contribution in [0.3, 0.4) is 0 Å². The number of hydrogen-bond donors (Lipinski definition) is 2. The molecule has 0 aliphatic carbocycles. The third-order valence-electron chi connectivity index (χ3n) is 4.32. The Bertz CT molecular complexity index is 1150. The SMILES string of the molecule is CN(C)c1cccc(-c2ccccc2)c1S(=O)(=O)n1ccc(/C=C/C(=O)NO)c1. The Kier molecular flexibility index (Phi) is 5.86. The van der Waals surface area contributed by atoms with E-state index < -0.39 is 15.9 Å². The van der Waals surface area contributed by atoms with Crippen molar-refractivity contribution in [1.29, 1.82) is 0 Å². The number of anilines is 1. The second-order valence-electron chi connectivity index (χ2n) is 6.50.